The number of pyridine rings is 1. The Balaban J connectivity index is 1.51. The highest BCUT2D eigenvalue weighted by Crippen LogP contribution is 2.67. The van der Waals surface area contributed by atoms with E-state index in [2.05, 4.69) is 17.9 Å². The van der Waals surface area contributed by atoms with Crippen LogP contribution in [-0.4, -0.2) is 51.8 Å². The summed E-state index contributed by atoms with van der Waals surface area (Å²) in [4.78, 5) is 32.6. The van der Waals surface area contributed by atoms with Crippen LogP contribution in [0.15, 0.2) is 12.3 Å². The Morgan fingerprint density at radius 3 is 2.72 bits per heavy atom. The van der Waals surface area contributed by atoms with E-state index in [-0.39, 0.29) is 13.0 Å². The SMILES string of the molecule is Cc1cc(N2CCC(C)C2)cn2nc(C34CC(C(=O)OC(C)(C)C)(CO3)C4C(N)=O)nc12. The van der Waals surface area contributed by atoms with Gasteiger partial charge < -0.3 is 20.1 Å². The fourth-order valence-electron chi connectivity index (χ4n) is 5.57. The third-order valence-electron chi connectivity index (χ3n) is 7.04. The Morgan fingerprint density at radius 2 is 2.09 bits per heavy atom. The predicted octanol–water partition coefficient (Wildman–Crippen LogP) is 1.94. The standard InChI is InChI=1S/C23H31N5O4/c1-13-6-7-27(9-13)15-8-14(2)18-25-19(26-28(18)10-15)23-11-22(12-31-23,16(23)17(24)29)20(30)32-21(3,4)5/h8,10,13,16H,6-7,9,11-12H2,1-5H3,(H2,24,29). The number of esters is 1. The van der Waals surface area contributed by atoms with E-state index in [1.54, 1.807) is 25.3 Å². The molecule has 6 rings (SSSR count). The topological polar surface area (TPSA) is 112 Å². The van der Waals surface area contributed by atoms with E-state index in [1.807, 2.05) is 13.1 Å². The van der Waals surface area contributed by atoms with Crippen molar-refractivity contribution in [3.05, 3.63) is 23.7 Å². The summed E-state index contributed by atoms with van der Waals surface area (Å²) in [5, 5.41) is 4.71. The highest BCUT2D eigenvalue weighted by molar-refractivity contribution is 5.92. The second-order valence-electron chi connectivity index (χ2n) is 10.8. The van der Waals surface area contributed by atoms with Gasteiger partial charge in [-0.2, -0.15) is 0 Å². The molecular formula is C23H31N5O4. The second kappa shape index (κ2) is 6.66. The molecule has 2 bridgehead atoms. The quantitative estimate of drug-likeness (QED) is 0.722. The maximum atomic E-state index is 13.0. The highest BCUT2D eigenvalue weighted by Gasteiger charge is 2.79. The fourth-order valence-corrected chi connectivity index (χ4v) is 5.57. The summed E-state index contributed by atoms with van der Waals surface area (Å²) in [5.41, 5.74) is 5.73. The number of rotatable bonds is 4. The van der Waals surface area contributed by atoms with Crippen molar-refractivity contribution in [2.75, 3.05) is 24.6 Å². The van der Waals surface area contributed by atoms with Gasteiger partial charge >= 0.3 is 5.97 Å². The van der Waals surface area contributed by atoms with Crippen LogP contribution in [0.4, 0.5) is 5.69 Å². The average Bonchev–Trinajstić information content (AvgIpc) is 3.40. The molecule has 1 aliphatic carbocycles. The van der Waals surface area contributed by atoms with Gasteiger partial charge in [-0.1, -0.05) is 6.92 Å². The Bertz CT molecular complexity index is 1120. The first kappa shape index (κ1) is 21.2. The molecule has 2 aromatic heterocycles. The molecule has 0 aromatic carbocycles. The lowest BCUT2D eigenvalue weighted by atomic mass is 9.53. The van der Waals surface area contributed by atoms with Crippen molar-refractivity contribution in [2.45, 2.75) is 58.7 Å². The number of carbonyl (C=O) groups is 2. The van der Waals surface area contributed by atoms with Gasteiger partial charge in [0.05, 0.1) is 24.4 Å². The van der Waals surface area contributed by atoms with Crippen LogP contribution in [0.25, 0.3) is 5.65 Å². The maximum Gasteiger partial charge on any atom is 0.316 e. The summed E-state index contributed by atoms with van der Waals surface area (Å²) >= 11 is 0. The molecule has 9 nitrogen and oxygen atoms in total. The van der Waals surface area contributed by atoms with Crippen LogP contribution >= 0.6 is 0 Å². The summed E-state index contributed by atoms with van der Waals surface area (Å²) in [6.45, 7) is 11.8. The van der Waals surface area contributed by atoms with Crippen molar-refractivity contribution < 1.29 is 19.1 Å². The van der Waals surface area contributed by atoms with Gasteiger partial charge in [0.1, 0.15) is 16.6 Å². The van der Waals surface area contributed by atoms with E-state index < -0.39 is 34.4 Å². The molecule has 1 saturated carbocycles. The molecule has 2 aromatic rings. The van der Waals surface area contributed by atoms with Crippen LogP contribution in [-0.2, 0) is 24.7 Å². The number of aromatic nitrogens is 3. The molecule has 0 radical (unpaired) electrons. The van der Waals surface area contributed by atoms with Gasteiger partial charge in [-0.15, -0.1) is 5.10 Å². The normalized spacial score (nSPS) is 31.7. The summed E-state index contributed by atoms with van der Waals surface area (Å²) in [5.74, 6) is -0.848. The van der Waals surface area contributed by atoms with Crippen LogP contribution in [0, 0.1) is 24.2 Å². The lowest BCUT2D eigenvalue weighted by Crippen LogP contribution is -2.62. The van der Waals surface area contributed by atoms with Gasteiger partial charge in [-0.3, -0.25) is 9.59 Å². The summed E-state index contributed by atoms with van der Waals surface area (Å²) in [7, 11) is 0. The molecule has 1 amide bonds. The summed E-state index contributed by atoms with van der Waals surface area (Å²) in [6.07, 6.45) is 3.43. The zero-order valence-electron chi connectivity index (χ0n) is 19.3. The third-order valence-corrected chi connectivity index (χ3v) is 7.04. The number of carbonyl (C=O) groups excluding carboxylic acids is 2. The smallest absolute Gasteiger partial charge is 0.316 e. The molecule has 4 unspecified atom stereocenters. The fraction of sp³-hybridized carbons (Fsp3) is 0.652. The number of amides is 1. The van der Waals surface area contributed by atoms with Gasteiger partial charge in [-0.05, 0) is 51.7 Å². The lowest BCUT2D eigenvalue weighted by molar-refractivity contribution is -0.186. The second-order valence-corrected chi connectivity index (χ2v) is 10.8. The lowest BCUT2D eigenvalue weighted by Gasteiger charge is -2.48. The van der Waals surface area contributed by atoms with E-state index >= 15 is 0 Å². The molecule has 2 N–H and O–H groups in total. The Kier molecular flexibility index (Phi) is 4.41. The van der Waals surface area contributed by atoms with Crippen molar-refractivity contribution >= 4 is 23.2 Å². The minimum Gasteiger partial charge on any atom is -0.459 e. The number of nitrogens with zero attached hydrogens (tertiary/aromatic N) is 4. The number of ether oxygens (including phenoxy) is 2. The minimum absolute atomic E-state index is 0.0704. The molecule has 0 spiro atoms. The van der Waals surface area contributed by atoms with E-state index in [0.29, 0.717) is 17.4 Å². The monoisotopic (exact) mass is 441 g/mol. The zero-order chi connectivity index (χ0) is 23.1. The van der Waals surface area contributed by atoms with Crippen LogP contribution in [0.1, 0.15) is 51.9 Å². The van der Waals surface area contributed by atoms with Crippen LogP contribution in [0.3, 0.4) is 0 Å². The van der Waals surface area contributed by atoms with Crippen molar-refractivity contribution in [3.63, 3.8) is 0 Å². The predicted molar refractivity (Wildman–Crippen MR) is 117 cm³/mol. The molecule has 4 atom stereocenters. The summed E-state index contributed by atoms with van der Waals surface area (Å²) < 4.78 is 13.4. The molecule has 5 heterocycles. The zero-order valence-corrected chi connectivity index (χ0v) is 19.3. The van der Waals surface area contributed by atoms with Crippen molar-refractivity contribution in [2.24, 2.45) is 23.0 Å². The summed E-state index contributed by atoms with van der Waals surface area (Å²) in [6, 6.07) is 2.12. The van der Waals surface area contributed by atoms with E-state index in [4.69, 9.17) is 25.3 Å². The van der Waals surface area contributed by atoms with Gasteiger partial charge in [0.2, 0.25) is 5.91 Å². The van der Waals surface area contributed by atoms with Gasteiger partial charge in [-0.25, -0.2) is 9.50 Å². The number of hydrogen-bond acceptors (Lipinski definition) is 7. The maximum absolute atomic E-state index is 13.0. The van der Waals surface area contributed by atoms with E-state index in [1.165, 1.54) is 6.42 Å². The first-order valence-electron chi connectivity index (χ1n) is 11.2. The van der Waals surface area contributed by atoms with Crippen LogP contribution in [0.2, 0.25) is 0 Å². The van der Waals surface area contributed by atoms with Gasteiger partial charge in [0, 0.05) is 19.5 Å². The molecular weight excluding hydrogens is 410 g/mol. The first-order valence-corrected chi connectivity index (χ1v) is 11.2. The third kappa shape index (κ3) is 2.93. The van der Waals surface area contributed by atoms with Gasteiger partial charge in [0.15, 0.2) is 11.5 Å². The molecule has 9 heteroatoms. The number of fused-ring (bicyclic) bond motifs is 2. The number of hydrogen-bond donors (Lipinski definition) is 1. The minimum atomic E-state index is -1.09. The van der Waals surface area contributed by atoms with Crippen molar-refractivity contribution in [1.29, 1.82) is 0 Å². The Morgan fingerprint density at radius 1 is 1.34 bits per heavy atom. The largest absolute Gasteiger partial charge is 0.459 e. The molecule has 172 valence electrons. The van der Waals surface area contributed by atoms with E-state index in [0.717, 1.165) is 24.3 Å². The van der Waals surface area contributed by atoms with E-state index in [9.17, 15) is 9.59 Å². The van der Waals surface area contributed by atoms with Crippen molar-refractivity contribution in [1.82, 2.24) is 14.6 Å². The average molecular weight is 442 g/mol. The number of nitrogens with two attached hydrogens (primary N) is 1. The number of anilines is 1. The van der Waals surface area contributed by atoms with Crippen LogP contribution < -0.4 is 10.6 Å². The molecule has 3 saturated heterocycles. The first-order chi connectivity index (χ1) is 14.9. The molecule has 4 fully saturated rings. The van der Waals surface area contributed by atoms with Crippen LogP contribution in [0.5, 0.6) is 0 Å². The number of aryl methyl sites for hydroxylation is 1. The van der Waals surface area contributed by atoms with Crippen molar-refractivity contribution in [3.8, 4) is 0 Å². The Labute approximate surface area is 187 Å². The number of primary amides is 1. The molecule has 3 aliphatic heterocycles. The Hall–Kier alpha value is -2.68. The highest BCUT2D eigenvalue weighted by atomic mass is 16.6. The molecule has 4 aliphatic rings. The molecule has 32 heavy (non-hydrogen) atoms. The van der Waals surface area contributed by atoms with Gasteiger partial charge in [0.25, 0.3) is 0 Å².